The van der Waals surface area contributed by atoms with Crippen molar-refractivity contribution in [3.63, 3.8) is 0 Å². The van der Waals surface area contributed by atoms with Crippen LogP contribution in [0.25, 0.3) is 0 Å². The zero-order valence-electron chi connectivity index (χ0n) is 11.2. The summed E-state index contributed by atoms with van der Waals surface area (Å²) in [4.78, 5) is 2.30. The number of ether oxygens (including phenoxy) is 1. The summed E-state index contributed by atoms with van der Waals surface area (Å²) in [5.41, 5.74) is 6.89. The third-order valence-corrected chi connectivity index (χ3v) is 3.29. The second-order valence-electron chi connectivity index (χ2n) is 4.86. The number of amidine groups is 1. The number of nitrogens with zero attached hydrogens (tertiary/aromatic N) is 3. The van der Waals surface area contributed by atoms with Crippen LogP contribution >= 0.6 is 0 Å². The Balaban J connectivity index is 1.97. The SMILES string of the molecule is Cc1nn(C)c(OCCN(C)C2CC2)c1C(=N)N. The molecule has 0 bridgehead atoms. The van der Waals surface area contributed by atoms with Crippen molar-refractivity contribution in [1.82, 2.24) is 14.7 Å². The van der Waals surface area contributed by atoms with E-state index in [1.165, 1.54) is 12.8 Å². The van der Waals surface area contributed by atoms with Gasteiger partial charge in [-0.1, -0.05) is 0 Å². The molecule has 0 spiro atoms. The molecule has 0 atom stereocenters. The van der Waals surface area contributed by atoms with E-state index in [-0.39, 0.29) is 5.84 Å². The van der Waals surface area contributed by atoms with Crippen LogP contribution in [0, 0.1) is 12.3 Å². The minimum absolute atomic E-state index is 0.00569. The van der Waals surface area contributed by atoms with Crippen molar-refractivity contribution < 1.29 is 4.74 Å². The Morgan fingerprint density at radius 1 is 1.61 bits per heavy atom. The molecule has 1 heterocycles. The first-order chi connectivity index (χ1) is 8.50. The van der Waals surface area contributed by atoms with Crippen molar-refractivity contribution in [3.05, 3.63) is 11.3 Å². The Morgan fingerprint density at radius 2 is 2.28 bits per heavy atom. The normalized spacial score (nSPS) is 15.1. The molecule has 0 amide bonds. The van der Waals surface area contributed by atoms with Crippen LogP contribution < -0.4 is 10.5 Å². The Labute approximate surface area is 107 Å². The Hall–Kier alpha value is -1.56. The fourth-order valence-electron chi connectivity index (χ4n) is 2.10. The first kappa shape index (κ1) is 12.9. The van der Waals surface area contributed by atoms with Crippen LogP contribution in [-0.2, 0) is 7.05 Å². The van der Waals surface area contributed by atoms with Gasteiger partial charge in [-0.15, -0.1) is 0 Å². The van der Waals surface area contributed by atoms with Crippen molar-refractivity contribution in [2.45, 2.75) is 25.8 Å². The van der Waals surface area contributed by atoms with Crippen LogP contribution in [0.5, 0.6) is 5.88 Å². The maximum absolute atomic E-state index is 7.56. The predicted octanol–water partition coefficient (Wildman–Crippen LogP) is 0.486. The van der Waals surface area contributed by atoms with Gasteiger partial charge in [0, 0.05) is 19.6 Å². The van der Waals surface area contributed by atoms with Crippen LogP contribution in [0.2, 0.25) is 0 Å². The Bertz CT molecular complexity index is 450. The second kappa shape index (κ2) is 4.97. The standard InChI is InChI=1S/C12H21N5O/c1-8-10(11(13)14)12(17(3)15-8)18-7-6-16(2)9-4-5-9/h9H,4-7H2,1-3H3,(H3,13,14). The lowest BCUT2D eigenvalue weighted by Crippen LogP contribution is -2.27. The highest BCUT2D eigenvalue weighted by Crippen LogP contribution is 2.25. The van der Waals surface area contributed by atoms with E-state index in [0.29, 0.717) is 18.1 Å². The van der Waals surface area contributed by atoms with E-state index >= 15 is 0 Å². The maximum Gasteiger partial charge on any atom is 0.223 e. The summed E-state index contributed by atoms with van der Waals surface area (Å²) in [7, 11) is 3.92. The van der Waals surface area contributed by atoms with Crippen molar-refractivity contribution >= 4 is 5.84 Å². The first-order valence-electron chi connectivity index (χ1n) is 6.21. The molecule has 6 heteroatoms. The number of nitrogen functional groups attached to an aromatic ring is 1. The zero-order valence-corrected chi connectivity index (χ0v) is 11.2. The summed E-state index contributed by atoms with van der Waals surface area (Å²) in [6.07, 6.45) is 2.58. The lowest BCUT2D eigenvalue weighted by atomic mass is 10.2. The van der Waals surface area contributed by atoms with Gasteiger partial charge in [-0.2, -0.15) is 5.10 Å². The zero-order chi connectivity index (χ0) is 13.3. The minimum Gasteiger partial charge on any atom is -0.476 e. The number of aromatic nitrogens is 2. The molecule has 18 heavy (non-hydrogen) atoms. The molecule has 1 aliphatic rings. The fourth-order valence-corrected chi connectivity index (χ4v) is 2.10. The van der Waals surface area contributed by atoms with Gasteiger partial charge in [-0.3, -0.25) is 5.41 Å². The molecular formula is C12H21N5O. The lowest BCUT2D eigenvalue weighted by Gasteiger charge is -2.16. The minimum atomic E-state index is 0.00569. The molecule has 0 saturated heterocycles. The van der Waals surface area contributed by atoms with Gasteiger partial charge in [0.25, 0.3) is 0 Å². The second-order valence-corrected chi connectivity index (χ2v) is 4.86. The number of nitrogens with two attached hydrogens (primary N) is 1. The molecule has 0 aromatic carbocycles. The molecule has 3 N–H and O–H groups in total. The number of aryl methyl sites for hydroxylation is 2. The van der Waals surface area contributed by atoms with E-state index < -0.39 is 0 Å². The smallest absolute Gasteiger partial charge is 0.223 e. The summed E-state index contributed by atoms with van der Waals surface area (Å²) < 4.78 is 7.38. The van der Waals surface area contributed by atoms with Crippen molar-refractivity contribution in [1.29, 1.82) is 5.41 Å². The molecule has 1 aromatic rings. The molecule has 0 unspecified atom stereocenters. The number of rotatable bonds is 6. The van der Waals surface area contributed by atoms with Crippen LogP contribution in [-0.4, -0.2) is 46.8 Å². The highest BCUT2D eigenvalue weighted by molar-refractivity contribution is 5.98. The van der Waals surface area contributed by atoms with E-state index in [4.69, 9.17) is 15.9 Å². The summed E-state index contributed by atoms with van der Waals surface area (Å²) in [6, 6.07) is 0.731. The summed E-state index contributed by atoms with van der Waals surface area (Å²) >= 11 is 0. The number of hydrogen-bond acceptors (Lipinski definition) is 4. The molecule has 1 aliphatic carbocycles. The van der Waals surface area contributed by atoms with E-state index in [1.54, 1.807) is 11.7 Å². The van der Waals surface area contributed by atoms with Crippen molar-refractivity contribution in [2.75, 3.05) is 20.2 Å². The first-order valence-corrected chi connectivity index (χ1v) is 6.21. The molecule has 100 valence electrons. The van der Waals surface area contributed by atoms with E-state index in [2.05, 4.69) is 17.0 Å². The topological polar surface area (TPSA) is 80.2 Å². The Kier molecular flexibility index (Phi) is 3.56. The van der Waals surface area contributed by atoms with Crippen LogP contribution in [0.15, 0.2) is 0 Å². The highest BCUT2D eigenvalue weighted by Gasteiger charge is 2.26. The molecule has 0 radical (unpaired) electrons. The molecule has 0 aliphatic heterocycles. The lowest BCUT2D eigenvalue weighted by molar-refractivity contribution is 0.219. The van der Waals surface area contributed by atoms with E-state index in [9.17, 15) is 0 Å². The van der Waals surface area contributed by atoms with Gasteiger partial charge in [0.2, 0.25) is 5.88 Å². The van der Waals surface area contributed by atoms with Crippen molar-refractivity contribution in [2.24, 2.45) is 12.8 Å². The third kappa shape index (κ3) is 2.64. The van der Waals surface area contributed by atoms with E-state index in [0.717, 1.165) is 18.3 Å². The highest BCUT2D eigenvalue weighted by atomic mass is 16.5. The molecule has 6 nitrogen and oxygen atoms in total. The van der Waals surface area contributed by atoms with Gasteiger partial charge in [0.15, 0.2) is 0 Å². The van der Waals surface area contributed by atoms with Gasteiger partial charge in [-0.25, -0.2) is 4.68 Å². The third-order valence-electron chi connectivity index (χ3n) is 3.29. The largest absolute Gasteiger partial charge is 0.476 e. The van der Waals surface area contributed by atoms with Gasteiger partial charge in [0.1, 0.15) is 18.0 Å². The monoisotopic (exact) mass is 251 g/mol. The average Bonchev–Trinajstić information content (AvgIpc) is 3.06. The van der Waals surface area contributed by atoms with Gasteiger partial charge in [0.05, 0.1) is 5.69 Å². The molecule has 1 saturated carbocycles. The van der Waals surface area contributed by atoms with Crippen LogP contribution in [0.1, 0.15) is 24.1 Å². The number of nitrogens with one attached hydrogen (secondary N) is 1. The van der Waals surface area contributed by atoms with Gasteiger partial charge < -0.3 is 15.4 Å². The summed E-state index contributed by atoms with van der Waals surface area (Å²) in [5.74, 6) is 0.593. The molecule has 1 aromatic heterocycles. The molecular weight excluding hydrogens is 230 g/mol. The molecule has 1 fully saturated rings. The van der Waals surface area contributed by atoms with Crippen LogP contribution in [0.3, 0.4) is 0 Å². The molecule has 2 rings (SSSR count). The number of likely N-dealkylation sites (N-methyl/N-ethyl adjacent to an activating group) is 1. The van der Waals surface area contributed by atoms with Gasteiger partial charge >= 0.3 is 0 Å². The Morgan fingerprint density at radius 3 is 2.83 bits per heavy atom. The quantitative estimate of drug-likeness (QED) is 0.569. The number of hydrogen-bond donors (Lipinski definition) is 2. The maximum atomic E-state index is 7.56. The van der Waals surface area contributed by atoms with Gasteiger partial charge in [-0.05, 0) is 26.8 Å². The summed E-state index contributed by atoms with van der Waals surface area (Å²) in [5, 5.41) is 11.8. The van der Waals surface area contributed by atoms with Crippen LogP contribution in [0.4, 0.5) is 0 Å². The average molecular weight is 251 g/mol. The predicted molar refractivity (Wildman–Crippen MR) is 70.1 cm³/mol. The summed E-state index contributed by atoms with van der Waals surface area (Å²) in [6.45, 7) is 3.30. The van der Waals surface area contributed by atoms with Crippen molar-refractivity contribution in [3.8, 4) is 5.88 Å². The fraction of sp³-hybridized carbons (Fsp3) is 0.667. The van der Waals surface area contributed by atoms with E-state index in [1.807, 2.05) is 6.92 Å².